The van der Waals surface area contributed by atoms with Crippen LogP contribution in [0.3, 0.4) is 0 Å². The molecule has 8 heteroatoms. The highest BCUT2D eigenvalue weighted by molar-refractivity contribution is 7.07. The van der Waals surface area contributed by atoms with Crippen molar-refractivity contribution in [1.82, 2.24) is 4.57 Å². The maximum atomic E-state index is 13.5. The van der Waals surface area contributed by atoms with Crippen LogP contribution in [0.2, 0.25) is 0 Å². The lowest BCUT2D eigenvalue weighted by atomic mass is 9.93. The molecule has 0 radical (unpaired) electrons. The molecule has 0 saturated heterocycles. The van der Waals surface area contributed by atoms with Crippen LogP contribution in [0, 0.1) is 0 Å². The number of ether oxygens (including phenoxy) is 3. The minimum atomic E-state index is -0.548. The Hall–Kier alpha value is -3.65. The summed E-state index contributed by atoms with van der Waals surface area (Å²) in [5.41, 5.74) is 2.58. The molecular formula is C24H20N2O5S. The minimum absolute atomic E-state index is 0.114. The van der Waals surface area contributed by atoms with Crippen molar-refractivity contribution >= 4 is 23.2 Å². The number of methoxy groups -OCH3 is 1. The number of fused-ring (bicyclic) bond motifs is 2. The number of thiazole rings is 1. The molecule has 3 heterocycles. The normalized spacial score (nSPS) is 17.2. The van der Waals surface area contributed by atoms with Gasteiger partial charge >= 0.3 is 0 Å². The summed E-state index contributed by atoms with van der Waals surface area (Å²) in [5, 5.41) is 0. The maximum absolute atomic E-state index is 13.5. The molecular weight excluding hydrogens is 428 g/mol. The summed E-state index contributed by atoms with van der Waals surface area (Å²) >= 11 is 1.30. The fraction of sp³-hybridized carbons (Fsp3) is 0.208. The highest BCUT2D eigenvalue weighted by atomic mass is 32.1. The molecule has 32 heavy (non-hydrogen) atoms. The van der Waals surface area contributed by atoms with E-state index in [0.717, 1.165) is 11.1 Å². The Bertz CT molecular complexity index is 1450. The van der Waals surface area contributed by atoms with E-state index in [1.807, 2.05) is 55.5 Å². The van der Waals surface area contributed by atoms with E-state index in [9.17, 15) is 9.59 Å². The number of carbonyl (C=O) groups is 1. The van der Waals surface area contributed by atoms with Gasteiger partial charge in [-0.25, -0.2) is 4.99 Å². The molecule has 2 aliphatic heterocycles. The van der Waals surface area contributed by atoms with Crippen LogP contribution >= 0.6 is 11.3 Å². The van der Waals surface area contributed by atoms with Gasteiger partial charge in [-0.2, -0.15) is 0 Å². The number of rotatable bonds is 4. The fourth-order valence-electron chi connectivity index (χ4n) is 4.03. The van der Waals surface area contributed by atoms with Gasteiger partial charge in [0.25, 0.3) is 5.56 Å². The van der Waals surface area contributed by atoms with Crippen LogP contribution < -0.4 is 29.1 Å². The molecule has 5 rings (SSSR count). The molecule has 1 aromatic heterocycles. The molecule has 3 aromatic rings. The summed E-state index contributed by atoms with van der Waals surface area (Å²) < 4.78 is 18.2. The van der Waals surface area contributed by atoms with Crippen molar-refractivity contribution in [2.24, 2.45) is 4.99 Å². The van der Waals surface area contributed by atoms with Gasteiger partial charge in [-0.1, -0.05) is 29.5 Å². The first-order valence-electron chi connectivity index (χ1n) is 10.0. The second-order valence-electron chi connectivity index (χ2n) is 7.52. The summed E-state index contributed by atoms with van der Waals surface area (Å²) in [5.74, 6) is 1.92. The van der Waals surface area contributed by atoms with Crippen molar-refractivity contribution in [1.29, 1.82) is 0 Å². The topological polar surface area (TPSA) is 79.1 Å². The molecule has 7 nitrogen and oxygen atoms in total. The Balaban J connectivity index is 1.69. The van der Waals surface area contributed by atoms with Crippen LogP contribution in [0.4, 0.5) is 0 Å². The molecule has 1 atom stereocenters. The minimum Gasteiger partial charge on any atom is -0.497 e. The predicted molar refractivity (Wildman–Crippen MR) is 120 cm³/mol. The molecule has 0 spiro atoms. The molecule has 0 unspecified atom stereocenters. The van der Waals surface area contributed by atoms with Crippen LogP contribution in [0.1, 0.15) is 31.0 Å². The van der Waals surface area contributed by atoms with E-state index in [-0.39, 0.29) is 18.1 Å². The first-order valence-corrected chi connectivity index (χ1v) is 10.8. The number of benzene rings is 2. The third kappa shape index (κ3) is 3.33. The number of hydrogen-bond acceptors (Lipinski definition) is 7. The lowest BCUT2D eigenvalue weighted by molar-refractivity contribution is -0.114. The lowest BCUT2D eigenvalue weighted by Crippen LogP contribution is -2.39. The predicted octanol–water partition coefficient (Wildman–Crippen LogP) is 2.56. The summed E-state index contributed by atoms with van der Waals surface area (Å²) in [4.78, 5) is 31.2. The molecule has 162 valence electrons. The fourth-order valence-corrected chi connectivity index (χ4v) is 5.07. The number of hydrogen-bond donors (Lipinski definition) is 0. The average Bonchev–Trinajstić information content (AvgIpc) is 3.36. The number of carbonyl (C=O) groups excluding carboxylic acids is 1. The summed E-state index contributed by atoms with van der Waals surface area (Å²) in [6.45, 7) is 3.50. The van der Waals surface area contributed by atoms with Gasteiger partial charge in [-0.05, 0) is 55.3 Å². The zero-order valence-electron chi connectivity index (χ0n) is 17.7. The first kappa shape index (κ1) is 20.3. The van der Waals surface area contributed by atoms with Gasteiger partial charge in [-0.15, -0.1) is 0 Å². The number of ketones is 1. The lowest BCUT2D eigenvalue weighted by Gasteiger charge is -2.24. The molecule has 0 saturated carbocycles. The Morgan fingerprint density at radius 1 is 1.19 bits per heavy atom. The highest BCUT2D eigenvalue weighted by Gasteiger charge is 2.30. The van der Waals surface area contributed by atoms with Crippen molar-refractivity contribution in [3.05, 3.63) is 84.5 Å². The van der Waals surface area contributed by atoms with Crippen LogP contribution in [-0.4, -0.2) is 24.3 Å². The van der Waals surface area contributed by atoms with Crippen molar-refractivity contribution < 1.29 is 19.0 Å². The summed E-state index contributed by atoms with van der Waals surface area (Å²) in [6, 6.07) is 12.4. The van der Waals surface area contributed by atoms with Crippen molar-refractivity contribution in [3.63, 3.8) is 0 Å². The average molecular weight is 449 g/mol. The Kier molecular flexibility index (Phi) is 4.94. The van der Waals surface area contributed by atoms with Gasteiger partial charge < -0.3 is 14.2 Å². The van der Waals surface area contributed by atoms with Crippen LogP contribution in [0.5, 0.6) is 17.2 Å². The van der Waals surface area contributed by atoms with Crippen LogP contribution in [0.15, 0.2) is 63.5 Å². The third-order valence-corrected chi connectivity index (χ3v) is 6.51. The van der Waals surface area contributed by atoms with E-state index in [2.05, 4.69) is 4.99 Å². The molecule has 2 aromatic carbocycles. The van der Waals surface area contributed by atoms with E-state index in [0.29, 0.717) is 37.9 Å². The van der Waals surface area contributed by atoms with E-state index < -0.39 is 6.04 Å². The molecule has 0 amide bonds. The molecule has 0 aliphatic carbocycles. The van der Waals surface area contributed by atoms with Crippen molar-refractivity contribution in [3.8, 4) is 17.2 Å². The van der Waals surface area contributed by atoms with Crippen LogP contribution in [-0.2, 0) is 4.79 Å². The Labute approximate surface area is 187 Å². The van der Waals surface area contributed by atoms with E-state index >= 15 is 0 Å². The summed E-state index contributed by atoms with van der Waals surface area (Å²) in [7, 11) is 1.60. The maximum Gasteiger partial charge on any atom is 0.271 e. The molecule has 0 N–H and O–H groups in total. The standard InChI is InChI=1S/C24H20N2O5S/c1-13-21(14(2)27)22(16-5-7-17(29-3)8-6-16)26-23(28)20(32-24(26)25-13)11-15-4-9-18-19(10-15)31-12-30-18/h4-11,22H,12H2,1-3H3/b20-11-/t22-/m1/s1. The number of allylic oxidation sites excluding steroid dienone is 2. The van der Waals surface area contributed by atoms with Gasteiger partial charge in [0.05, 0.1) is 17.7 Å². The Morgan fingerprint density at radius 3 is 2.66 bits per heavy atom. The smallest absolute Gasteiger partial charge is 0.271 e. The number of aromatic nitrogens is 1. The summed E-state index contributed by atoms with van der Waals surface area (Å²) in [6.07, 6.45) is 1.81. The quantitative estimate of drug-likeness (QED) is 0.613. The van der Waals surface area contributed by atoms with Gasteiger partial charge in [0, 0.05) is 11.3 Å². The Morgan fingerprint density at radius 2 is 1.94 bits per heavy atom. The zero-order valence-corrected chi connectivity index (χ0v) is 18.6. The van der Waals surface area contributed by atoms with Gasteiger partial charge in [0.1, 0.15) is 5.75 Å². The largest absolute Gasteiger partial charge is 0.497 e. The van der Waals surface area contributed by atoms with E-state index in [1.54, 1.807) is 11.7 Å². The number of Topliss-reactive ketones (excluding diaryl/α,β-unsaturated/α-hetero) is 1. The van der Waals surface area contributed by atoms with Gasteiger partial charge in [0.2, 0.25) is 6.79 Å². The van der Waals surface area contributed by atoms with E-state index in [1.165, 1.54) is 18.3 Å². The van der Waals surface area contributed by atoms with E-state index in [4.69, 9.17) is 14.2 Å². The number of nitrogens with zero attached hydrogens (tertiary/aromatic N) is 2. The monoisotopic (exact) mass is 448 g/mol. The SMILES string of the molecule is COc1ccc([C@@H]2C(C(C)=O)=C(C)N=c3s/c(=C\c4ccc5c(c4)OCO5)c(=O)n32)cc1. The molecule has 0 bridgehead atoms. The molecule has 0 fully saturated rings. The van der Waals surface area contributed by atoms with Crippen LogP contribution in [0.25, 0.3) is 6.08 Å². The second kappa shape index (κ2) is 7.80. The van der Waals surface area contributed by atoms with Gasteiger partial charge in [-0.3, -0.25) is 14.2 Å². The zero-order chi connectivity index (χ0) is 22.4. The first-order chi connectivity index (χ1) is 15.5. The van der Waals surface area contributed by atoms with Gasteiger partial charge in [0.15, 0.2) is 22.1 Å². The third-order valence-electron chi connectivity index (χ3n) is 5.53. The highest BCUT2D eigenvalue weighted by Crippen LogP contribution is 2.33. The van der Waals surface area contributed by atoms with Crippen molar-refractivity contribution in [2.45, 2.75) is 19.9 Å². The second-order valence-corrected chi connectivity index (χ2v) is 8.53. The molecule has 2 aliphatic rings. The van der Waals surface area contributed by atoms with Crippen molar-refractivity contribution in [2.75, 3.05) is 13.9 Å².